The van der Waals surface area contributed by atoms with Crippen LogP contribution in [-0.4, -0.2) is 19.2 Å². The van der Waals surface area contributed by atoms with Crippen LogP contribution in [0.3, 0.4) is 0 Å². The lowest BCUT2D eigenvalue weighted by atomic mass is 10.0. The van der Waals surface area contributed by atoms with Gasteiger partial charge in [0.15, 0.2) is 0 Å². The number of halogens is 1. The zero-order valence-corrected chi connectivity index (χ0v) is 11.7. The van der Waals surface area contributed by atoms with Crippen LogP contribution in [0.25, 0.3) is 0 Å². The summed E-state index contributed by atoms with van der Waals surface area (Å²) >= 11 is 0. The molecular formula is C14H20FNO3. The molecule has 0 spiro atoms. The predicted molar refractivity (Wildman–Crippen MR) is 70.1 cm³/mol. The molecule has 0 aliphatic rings. The van der Waals surface area contributed by atoms with Gasteiger partial charge in [-0.15, -0.1) is 0 Å². The van der Waals surface area contributed by atoms with Crippen molar-refractivity contribution in [1.29, 1.82) is 0 Å². The highest BCUT2D eigenvalue weighted by Crippen LogP contribution is 2.32. The number of nitrogens with one attached hydrogen (secondary N) is 1. The van der Waals surface area contributed by atoms with Crippen LogP contribution in [-0.2, 0) is 15.3 Å². The van der Waals surface area contributed by atoms with Crippen molar-refractivity contribution < 1.29 is 18.7 Å². The molecule has 0 saturated heterocycles. The van der Waals surface area contributed by atoms with Gasteiger partial charge in [0.1, 0.15) is 5.82 Å². The topological polar surface area (TPSA) is 47.6 Å². The first-order chi connectivity index (χ1) is 8.95. The van der Waals surface area contributed by atoms with Crippen molar-refractivity contribution in [3.05, 3.63) is 35.6 Å². The Kier molecular flexibility index (Phi) is 5.30. The van der Waals surface area contributed by atoms with Gasteiger partial charge < -0.3 is 14.8 Å². The van der Waals surface area contributed by atoms with Crippen molar-refractivity contribution in [2.24, 2.45) is 0 Å². The number of amides is 1. The van der Waals surface area contributed by atoms with E-state index < -0.39 is 17.7 Å². The summed E-state index contributed by atoms with van der Waals surface area (Å²) in [7, 11) is 1.39. The Labute approximate surface area is 112 Å². The van der Waals surface area contributed by atoms with Gasteiger partial charge in [0, 0.05) is 19.6 Å². The van der Waals surface area contributed by atoms with Gasteiger partial charge in [0.2, 0.25) is 5.79 Å². The van der Waals surface area contributed by atoms with Crippen LogP contribution in [0.2, 0.25) is 0 Å². The number of methoxy groups -OCH3 is 1. The van der Waals surface area contributed by atoms with E-state index in [0.717, 1.165) is 0 Å². The van der Waals surface area contributed by atoms with E-state index in [9.17, 15) is 9.18 Å². The number of rotatable bonds is 5. The second-order valence-electron chi connectivity index (χ2n) is 4.48. The van der Waals surface area contributed by atoms with Crippen molar-refractivity contribution in [1.82, 2.24) is 5.32 Å². The Morgan fingerprint density at radius 2 is 2.05 bits per heavy atom. The van der Waals surface area contributed by atoms with E-state index in [2.05, 4.69) is 5.32 Å². The molecule has 1 amide bonds. The minimum atomic E-state index is -1.41. The lowest BCUT2D eigenvalue weighted by molar-refractivity contribution is -0.197. The predicted octanol–water partition coefficient (Wildman–Crippen LogP) is 3.17. The van der Waals surface area contributed by atoms with Gasteiger partial charge in [-0.25, -0.2) is 9.18 Å². The minimum absolute atomic E-state index is 0.0699. The zero-order chi connectivity index (χ0) is 14.5. The third-order valence-corrected chi connectivity index (χ3v) is 2.74. The first kappa shape index (κ1) is 15.4. The quantitative estimate of drug-likeness (QED) is 0.835. The SMILES string of the molecule is CC[C@](OC)(OC(=O)NC(C)C)c1ccccc1F. The molecule has 0 aliphatic carbocycles. The summed E-state index contributed by atoms with van der Waals surface area (Å²) in [5.41, 5.74) is 0.207. The van der Waals surface area contributed by atoms with E-state index in [1.54, 1.807) is 25.1 Å². The molecule has 0 radical (unpaired) electrons. The fraction of sp³-hybridized carbons (Fsp3) is 0.500. The van der Waals surface area contributed by atoms with Crippen molar-refractivity contribution >= 4 is 6.09 Å². The molecular weight excluding hydrogens is 249 g/mol. The number of ether oxygens (including phenoxy) is 2. The third-order valence-electron chi connectivity index (χ3n) is 2.74. The monoisotopic (exact) mass is 269 g/mol. The Balaban J connectivity index is 3.04. The summed E-state index contributed by atoms with van der Waals surface area (Å²) in [6.07, 6.45) is -0.336. The normalized spacial score (nSPS) is 14.0. The lowest BCUT2D eigenvalue weighted by Crippen LogP contribution is -2.41. The van der Waals surface area contributed by atoms with E-state index in [1.165, 1.54) is 13.2 Å². The van der Waals surface area contributed by atoms with Gasteiger partial charge in [-0.3, -0.25) is 0 Å². The van der Waals surface area contributed by atoms with Crippen LogP contribution in [0.5, 0.6) is 0 Å². The summed E-state index contributed by atoms with van der Waals surface area (Å²) in [6.45, 7) is 5.38. The molecule has 5 heteroatoms. The molecule has 0 aliphatic heterocycles. The van der Waals surface area contributed by atoms with Gasteiger partial charge in [0.05, 0.1) is 5.56 Å². The maximum Gasteiger partial charge on any atom is 0.410 e. The number of alkyl carbamates (subject to hydrolysis) is 1. The molecule has 0 bridgehead atoms. The number of carbonyl (C=O) groups is 1. The van der Waals surface area contributed by atoms with E-state index in [0.29, 0.717) is 6.42 Å². The largest absolute Gasteiger partial charge is 0.412 e. The fourth-order valence-electron chi connectivity index (χ4n) is 1.80. The molecule has 1 aromatic rings. The summed E-state index contributed by atoms with van der Waals surface area (Å²) in [4.78, 5) is 11.7. The molecule has 0 aromatic heterocycles. The molecule has 0 saturated carbocycles. The van der Waals surface area contributed by atoms with Gasteiger partial charge in [-0.1, -0.05) is 19.1 Å². The van der Waals surface area contributed by atoms with Gasteiger partial charge in [-0.05, 0) is 26.0 Å². The molecule has 4 nitrogen and oxygen atoms in total. The molecule has 19 heavy (non-hydrogen) atoms. The van der Waals surface area contributed by atoms with Gasteiger partial charge >= 0.3 is 6.09 Å². The summed E-state index contributed by atoms with van der Waals surface area (Å²) < 4.78 is 24.5. The summed E-state index contributed by atoms with van der Waals surface area (Å²) in [5.74, 6) is -1.88. The van der Waals surface area contributed by atoms with Crippen LogP contribution < -0.4 is 5.32 Å². The van der Waals surface area contributed by atoms with Crippen LogP contribution in [0.4, 0.5) is 9.18 Å². The standard InChI is InChI=1S/C14H20FNO3/c1-5-14(18-4,19-13(17)16-10(2)3)11-8-6-7-9-12(11)15/h6-10H,5H2,1-4H3,(H,16,17)/t14-/m0/s1. The fourth-order valence-corrected chi connectivity index (χ4v) is 1.80. The second kappa shape index (κ2) is 6.52. The van der Waals surface area contributed by atoms with E-state index in [1.807, 2.05) is 13.8 Å². The van der Waals surface area contributed by atoms with Gasteiger partial charge in [-0.2, -0.15) is 0 Å². The number of hydrogen-bond acceptors (Lipinski definition) is 3. The Hall–Kier alpha value is -1.62. The van der Waals surface area contributed by atoms with Crippen molar-refractivity contribution in [2.45, 2.75) is 39.0 Å². The van der Waals surface area contributed by atoms with Gasteiger partial charge in [0.25, 0.3) is 0 Å². The highest BCUT2D eigenvalue weighted by atomic mass is 19.1. The summed E-state index contributed by atoms with van der Waals surface area (Å²) in [5, 5.41) is 2.59. The highest BCUT2D eigenvalue weighted by Gasteiger charge is 2.37. The number of benzene rings is 1. The Morgan fingerprint density at radius 1 is 1.42 bits per heavy atom. The van der Waals surface area contributed by atoms with Crippen molar-refractivity contribution in [2.75, 3.05) is 7.11 Å². The van der Waals surface area contributed by atoms with Crippen LogP contribution in [0, 0.1) is 5.82 Å². The van der Waals surface area contributed by atoms with E-state index in [-0.39, 0.29) is 11.6 Å². The maximum atomic E-state index is 13.9. The average molecular weight is 269 g/mol. The molecule has 1 rings (SSSR count). The van der Waals surface area contributed by atoms with Crippen molar-refractivity contribution in [3.8, 4) is 0 Å². The van der Waals surface area contributed by atoms with Crippen LogP contribution >= 0.6 is 0 Å². The number of hydrogen-bond donors (Lipinski definition) is 1. The van der Waals surface area contributed by atoms with E-state index >= 15 is 0 Å². The smallest absolute Gasteiger partial charge is 0.410 e. The maximum absolute atomic E-state index is 13.9. The van der Waals surface area contributed by atoms with Crippen LogP contribution in [0.15, 0.2) is 24.3 Å². The third kappa shape index (κ3) is 3.67. The van der Waals surface area contributed by atoms with Crippen molar-refractivity contribution in [3.63, 3.8) is 0 Å². The number of carbonyl (C=O) groups excluding carboxylic acids is 1. The molecule has 0 heterocycles. The van der Waals surface area contributed by atoms with E-state index in [4.69, 9.17) is 9.47 Å². The lowest BCUT2D eigenvalue weighted by Gasteiger charge is -2.31. The molecule has 0 unspecified atom stereocenters. The molecule has 0 fully saturated rings. The molecule has 1 N–H and O–H groups in total. The Bertz CT molecular complexity index is 430. The first-order valence-corrected chi connectivity index (χ1v) is 6.25. The first-order valence-electron chi connectivity index (χ1n) is 6.25. The summed E-state index contributed by atoms with van der Waals surface area (Å²) in [6, 6.07) is 6.03. The minimum Gasteiger partial charge on any atom is -0.412 e. The van der Waals surface area contributed by atoms with Crippen LogP contribution in [0.1, 0.15) is 32.8 Å². The average Bonchev–Trinajstić information content (AvgIpc) is 2.36. The highest BCUT2D eigenvalue weighted by molar-refractivity contribution is 5.68. The Morgan fingerprint density at radius 3 is 2.53 bits per heavy atom. The second-order valence-corrected chi connectivity index (χ2v) is 4.48. The molecule has 1 atom stereocenters. The molecule has 1 aromatic carbocycles. The molecule has 106 valence electrons. The zero-order valence-electron chi connectivity index (χ0n) is 11.7.